The molecule has 2 saturated heterocycles. The molecule has 2 fully saturated rings. The summed E-state index contributed by atoms with van der Waals surface area (Å²) < 4.78 is 6.77. The van der Waals surface area contributed by atoms with Crippen molar-refractivity contribution in [1.82, 2.24) is 10.2 Å². The lowest BCUT2D eigenvalue weighted by Gasteiger charge is -2.48. The molecule has 2 aliphatic rings. The SMILES string of the molecule is O=C(NCC1(N2CCSCC2)CCOCC1)c1cc2ccccc2s1. The monoisotopic (exact) mass is 376 g/mol. The minimum Gasteiger partial charge on any atom is -0.381 e. The Labute approximate surface area is 156 Å². The second-order valence-electron chi connectivity index (χ2n) is 6.77. The molecule has 3 heterocycles. The maximum absolute atomic E-state index is 12.7. The van der Waals surface area contributed by atoms with Gasteiger partial charge in [-0.05, 0) is 30.4 Å². The average molecular weight is 377 g/mol. The maximum atomic E-state index is 12.7. The van der Waals surface area contributed by atoms with E-state index in [1.165, 1.54) is 16.2 Å². The van der Waals surface area contributed by atoms with Crippen LogP contribution in [-0.4, -0.2) is 60.7 Å². The van der Waals surface area contributed by atoms with Gasteiger partial charge in [-0.2, -0.15) is 11.8 Å². The molecule has 0 spiro atoms. The van der Waals surface area contributed by atoms with E-state index in [0.717, 1.165) is 49.4 Å². The number of carbonyl (C=O) groups excluding carboxylic acids is 1. The molecule has 0 radical (unpaired) electrons. The molecule has 1 aromatic carbocycles. The van der Waals surface area contributed by atoms with Gasteiger partial charge in [0.2, 0.25) is 0 Å². The number of nitrogens with one attached hydrogen (secondary N) is 1. The smallest absolute Gasteiger partial charge is 0.261 e. The highest BCUT2D eigenvalue weighted by Gasteiger charge is 2.39. The third-order valence-corrected chi connectivity index (χ3v) is 7.39. The minimum atomic E-state index is 0.0541. The fourth-order valence-electron chi connectivity index (χ4n) is 3.82. The second-order valence-corrected chi connectivity index (χ2v) is 9.08. The van der Waals surface area contributed by atoms with Crippen LogP contribution < -0.4 is 5.32 Å². The molecule has 0 aliphatic carbocycles. The van der Waals surface area contributed by atoms with Crippen LogP contribution in [0.2, 0.25) is 0 Å². The van der Waals surface area contributed by atoms with Gasteiger partial charge in [-0.3, -0.25) is 9.69 Å². The molecule has 6 heteroatoms. The Morgan fingerprint density at radius 3 is 2.72 bits per heavy atom. The fraction of sp³-hybridized carbons (Fsp3) is 0.526. The van der Waals surface area contributed by atoms with Crippen LogP contribution in [0.4, 0.5) is 0 Å². The van der Waals surface area contributed by atoms with Gasteiger partial charge >= 0.3 is 0 Å². The Morgan fingerprint density at radius 1 is 1.20 bits per heavy atom. The number of benzene rings is 1. The summed E-state index contributed by atoms with van der Waals surface area (Å²) in [6.07, 6.45) is 2.01. The quantitative estimate of drug-likeness (QED) is 0.890. The van der Waals surface area contributed by atoms with Crippen LogP contribution in [0.5, 0.6) is 0 Å². The predicted molar refractivity (Wildman–Crippen MR) is 106 cm³/mol. The molecular formula is C19H24N2O2S2. The first-order valence-corrected chi connectivity index (χ1v) is 10.9. The van der Waals surface area contributed by atoms with Gasteiger partial charge in [0.15, 0.2) is 0 Å². The highest BCUT2D eigenvalue weighted by Crippen LogP contribution is 2.30. The minimum absolute atomic E-state index is 0.0541. The van der Waals surface area contributed by atoms with Crippen LogP contribution in [0.15, 0.2) is 30.3 Å². The standard InChI is InChI=1S/C19H24N2O2S2/c22-18(17-13-15-3-1-2-4-16(15)25-17)20-14-19(5-9-23-10-6-19)21-7-11-24-12-8-21/h1-4,13H,5-12,14H2,(H,20,22). The zero-order valence-corrected chi connectivity index (χ0v) is 16.0. The number of thiophene rings is 1. The summed E-state index contributed by atoms with van der Waals surface area (Å²) in [6, 6.07) is 10.2. The van der Waals surface area contributed by atoms with Crippen molar-refractivity contribution in [2.75, 3.05) is 44.4 Å². The van der Waals surface area contributed by atoms with Crippen LogP contribution in [0, 0.1) is 0 Å². The Kier molecular flexibility index (Phi) is 5.31. The van der Waals surface area contributed by atoms with E-state index in [9.17, 15) is 4.79 Å². The molecule has 0 atom stereocenters. The first-order valence-electron chi connectivity index (χ1n) is 8.94. The van der Waals surface area contributed by atoms with Gasteiger partial charge < -0.3 is 10.1 Å². The first-order chi connectivity index (χ1) is 12.3. The molecule has 0 unspecified atom stereocenters. The van der Waals surface area contributed by atoms with Crippen molar-refractivity contribution in [3.8, 4) is 0 Å². The van der Waals surface area contributed by atoms with Gasteiger partial charge in [0.1, 0.15) is 0 Å². The number of fused-ring (bicyclic) bond motifs is 1. The number of rotatable bonds is 4. The number of hydrogen-bond donors (Lipinski definition) is 1. The van der Waals surface area contributed by atoms with Crippen molar-refractivity contribution in [3.05, 3.63) is 35.2 Å². The molecule has 1 N–H and O–H groups in total. The number of hydrogen-bond acceptors (Lipinski definition) is 5. The largest absolute Gasteiger partial charge is 0.381 e. The summed E-state index contributed by atoms with van der Waals surface area (Å²) in [6.45, 7) is 4.53. The van der Waals surface area contributed by atoms with E-state index in [2.05, 4.69) is 22.3 Å². The van der Waals surface area contributed by atoms with Crippen molar-refractivity contribution in [2.45, 2.75) is 18.4 Å². The molecule has 2 aromatic rings. The van der Waals surface area contributed by atoms with E-state index in [4.69, 9.17) is 4.74 Å². The molecule has 0 bridgehead atoms. The Bertz CT molecular complexity index is 701. The molecule has 1 amide bonds. The molecule has 25 heavy (non-hydrogen) atoms. The summed E-state index contributed by atoms with van der Waals surface area (Å²) in [5, 5.41) is 4.38. The summed E-state index contributed by atoms with van der Waals surface area (Å²) >= 11 is 3.60. The molecular weight excluding hydrogens is 352 g/mol. The molecule has 134 valence electrons. The lowest BCUT2D eigenvalue weighted by Crippen LogP contribution is -2.60. The molecule has 4 nitrogen and oxygen atoms in total. The molecule has 0 saturated carbocycles. The van der Waals surface area contributed by atoms with Gasteiger partial charge in [0.05, 0.1) is 4.88 Å². The number of carbonyl (C=O) groups is 1. The molecule has 1 aromatic heterocycles. The Hall–Kier alpha value is -1.08. The summed E-state index contributed by atoms with van der Waals surface area (Å²) in [5.41, 5.74) is 0.0611. The van der Waals surface area contributed by atoms with E-state index in [0.29, 0.717) is 6.54 Å². The molecule has 4 rings (SSSR count). The van der Waals surface area contributed by atoms with E-state index in [1.807, 2.05) is 30.0 Å². The van der Waals surface area contributed by atoms with Gasteiger partial charge in [-0.25, -0.2) is 0 Å². The zero-order valence-electron chi connectivity index (χ0n) is 14.3. The van der Waals surface area contributed by atoms with E-state index in [-0.39, 0.29) is 11.4 Å². The molecule has 2 aliphatic heterocycles. The number of ether oxygens (including phenoxy) is 1. The number of nitrogens with zero attached hydrogens (tertiary/aromatic N) is 1. The van der Waals surface area contributed by atoms with Crippen molar-refractivity contribution in [3.63, 3.8) is 0 Å². The highest BCUT2D eigenvalue weighted by molar-refractivity contribution is 7.99. The van der Waals surface area contributed by atoms with Crippen LogP contribution in [0.1, 0.15) is 22.5 Å². The lowest BCUT2D eigenvalue weighted by molar-refractivity contribution is -0.0236. The Balaban J connectivity index is 1.47. The summed E-state index contributed by atoms with van der Waals surface area (Å²) in [4.78, 5) is 16.1. The lowest BCUT2D eigenvalue weighted by atomic mass is 9.87. The van der Waals surface area contributed by atoms with Crippen LogP contribution in [0.3, 0.4) is 0 Å². The fourth-order valence-corrected chi connectivity index (χ4v) is 5.70. The topological polar surface area (TPSA) is 41.6 Å². The van der Waals surface area contributed by atoms with Gasteiger partial charge in [-0.15, -0.1) is 11.3 Å². The van der Waals surface area contributed by atoms with Crippen molar-refractivity contribution >= 4 is 39.1 Å². The zero-order chi connectivity index (χ0) is 17.1. The average Bonchev–Trinajstić information content (AvgIpc) is 3.12. The predicted octanol–water partition coefficient (Wildman–Crippen LogP) is 3.23. The second kappa shape index (κ2) is 7.66. The van der Waals surface area contributed by atoms with Crippen LogP contribution >= 0.6 is 23.1 Å². The van der Waals surface area contributed by atoms with E-state index in [1.54, 1.807) is 11.3 Å². The van der Waals surface area contributed by atoms with E-state index >= 15 is 0 Å². The van der Waals surface area contributed by atoms with E-state index < -0.39 is 0 Å². The first kappa shape index (κ1) is 17.3. The maximum Gasteiger partial charge on any atom is 0.261 e. The van der Waals surface area contributed by atoms with Crippen LogP contribution in [0.25, 0.3) is 10.1 Å². The van der Waals surface area contributed by atoms with Crippen molar-refractivity contribution in [2.24, 2.45) is 0 Å². The number of thioether (sulfide) groups is 1. The van der Waals surface area contributed by atoms with Crippen LogP contribution in [-0.2, 0) is 4.74 Å². The van der Waals surface area contributed by atoms with Gasteiger partial charge in [-0.1, -0.05) is 18.2 Å². The van der Waals surface area contributed by atoms with Crippen molar-refractivity contribution in [1.29, 1.82) is 0 Å². The summed E-state index contributed by atoms with van der Waals surface area (Å²) in [7, 11) is 0. The highest BCUT2D eigenvalue weighted by atomic mass is 32.2. The summed E-state index contributed by atoms with van der Waals surface area (Å²) in [5.74, 6) is 2.43. The third kappa shape index (κ3) is 3.72. The Morgan fingerprint density at radius 2 is 1.96 bits per heavy atom. The number of amides is 1. The van der Waals surface area contributed by atoms with Gasteiger partial charge in [0.25, 0.3) is 5.91 Å². The van der Waals surface area contributed by atoms with Gasteiger partial charge in [0, 0.05) is 54.6 Å². The normalized spacial score (nSPS) is 21.3. The van der Waals surface area contributed by atoms with Crippen molar-refractivity contribution < 1.29 is 9.53 Å². The third-order valence-electron chi connectivity index (χ3n) is 5.33.